The number of carboxylic acid groups (broad SMARTS) is 1. The van der Waals surface area contributed by atoms with Gasteiger partial charge in [0.2, 0.25) is 0 Å². The number of hydrogen-bond donors (Lipinski definition) is 1. The van der Waals surface area contributed by atoms with E-state index in [1.165, 1.54) is 5.56 Å². The van der Waals surface area contributed by atoms with E-state index < -0.39 is 5.97 Å². The van der Waals surface area contributed by atoms with Crippen molar-refractivity contribution in [2.75, 3.05) is 4.90 Å². The third-order valence-electron chi connectivity index (χ3n) is 3.44. The number of rotatable bonds is 5. The monoisotopic (exact) mass is 288 g/mol. The minimum atomic E-state index is -0.913. The second-order valence-electron chi connectivity index (χ2n) is 5.12. The molecular weight excluding hydrogens is 272 g/mol. The van der Waals surface area contributed by atoms with Crippen molar-refractivity contribution in [3.63, 3.8) is 0 Å². The van der Waals surface area contributed by atoms with Gasteiger partial charge in [-0.25, -0.2) is 9.78 Å². The highest BCUT2D eigenvalue weighted by Crippen LogP contribution is 2.34. The van der Waals surface area contributed by atoms with Gasteiger partial charge in [0.05, 0.1) is 0 Å². The first-order valence-electron chi connectivity index (χ1n) is 6.64. The van der Waals surface area contributed by atoms with E-state index in [0.717, 1.165) is 25.1 Å². The summed E-state index contributed by atoms with van der Waals surface area (Å²) in [5.74, 6) is -0.310. The molecule has 0 bridgehead atoms. The Morgan fingerprint density at radius 3 is 2.85 bits per heavy atom. The van der Waals surface area contributed by atoms with Crippen molar-refractivity contribution in [1.82, 2.24) is 4.98 Å². The number of anilines is 1. The van der Waals surface area contributed by atoms with Crippen LogP contribution in [0.3, 0.4) is 0 Å². The Morgan fingerprint density at radius 2 is 2.25 bits per heavy atom. The van der Waals surface area contributed by atoms with Gasteiger partial charge in [-0.15, -0.1) is 0 Å². The van der Waals surface area contributed by atoms with E-state index in [2.05, 4.69) is 21.3 Å². The normalized spacial score (nSPS) is 14.2. The van der Waals surface area contributed by atoms with Crippen LogP contribution in [0.5, 0.6) is 0 Å². The van der Waals surface area contributed by atoms with Crippen molar-refractivity contribution in [2.24, 2.45) is 0 Å². The number of hydrogen-bond acceptors (Lipinski definition) is 4. The molecule has 104 valence electrons. The summed E-state index contributed by atoms with van der Waals surface area (Å²) in [6.07, 6.45) is 2.22. The molecule has 2 aromatic rings. The van der Waals surface area contributed by atoms with Crippen LogP contribution in [-0.4, -0.2) is 22.1 Å². The number of carbonyl (C=O) groups is 1. The minimum absolute atomic E-state index is 0.290. The maximum Gasteiger partial charge on any atom is 0.339 e. The van der Waals surface area contributed by atoms with Crippen LogP contribution in [0.1, 0.15) is 34.5 Å². The summed E-state index contributed by atoms with van der Waals surface area (Å²) in [6.45, 7) is 2.62. The van der Waals surface area contributed by atoms with Crippen LogP contribution in [0.15, 0.2) is 29.0 Å². The second kappa shape index (κ2) is 5.25. The molecule has 2 aromatic heterocycles. The molecule has 0 spiro atoms. The van der Waals surface area contributed by atoms with Gasteiger partial charge in [-0.3, -0.25) is 0 Å². The zero-order chi connectivity index (χ0) is 14.1. The number of aromatic carboxylic acids is 1. The SMILES string of the molecule is Cc1ccc(C(=O)O)c(N(Cc2ccsc2)C2CC2)n1. The number of aryl methyl sites for hydroxylation is 1. The maximum atomic E-state index is 11.4. The molecule has 0 radical (unpaired) electrons. The van der Waals surface area contributed by atoms with Gasteiger partial charge in [0, 0.05) is 18.3 Å². The van der Waals surface area contributed by atoms with Crippen LogP contribution >= 0.6 is 11.3 Å². The Bertz CT molecular complexity index is 621. The van der Waals surface area contributed by atoms with Gasteiger partial charge >= 0.3 is 5.97 Å². The maximum absolute atomic E-state index is 11.4. The van der Waals surface area contributed by atoms with Gasteiger partial charge in [0.15, 0.2) is 0 Å². The molecule has 2 heterocycles. The highest BCUT2D eigenvalue weighted by molar-refractivity contribution is 7.07. The van der Waals surface area contributed by atoms with Crippen molar-refractivity contribution in [1.29, 1.82) is 0 Å². The Morgan fingerprint density at radius 1 is 1.45 bits per heavy atom. The van der Waals surface area contributed by atoms with Crippen molar-refractivity contribution in [3.05, 3.63) is 45.8 Å². The minimum Gasteiger partial charge on any atom is -0.478 e. The molecule has 0 aliphatic heterocycles. The average molecular weight is 288 g/mol. The molecule has 0 aromatic carbocycles. The van der Waals surface area contributed by atoms with E-state index in [1.807, 2.05) is 12.3 Å². The zero-order valence-electron chi connectivity index (χ0n) is 11.2. The summed E-state index contributed by atoms with van der Waals surface area (Å²) in [7, 11) is 0. The Labute approximate surface area is 121 Å². The van der Waals surface area contributed by atoms with Crippen LogP contribution in [0.2, 0.25) is 0 Å². The smallest absolute Gasteiger partial charge is 0.339 e. The van der Waals surface area contributed by atoms with Crippen LogP contribution < -0.4 is 4.90 Å². The fourth-order valence-electron chi connectivity index (χ4n) is 2.27. The van der Waals surface area contributed by atoms with E-state index in [0.29, 0.717) is 11.9 Å². The zero-order valence-corrected chi connectivity index (χ0v) is 12.1. The molecule has 20 heavy (non-hydrogen) atoms. The molecule has 5 heteroatoms. The van der Waals surface area contributed by atoms with Crippen molar-refractivity contribution in [3.8, 4) is 0 Å². The predicted octanol–water partition coefficient (Wildman–Crippen LogP) is 3.32. The second-order valence-corrected chi connectivity index (χ2v) is 5.90. The van der Waals surface area contributed by atoms with Crippen molar-refractivity contribution in [2.45, 2.75) is 32.4 Å². The summed E-state index contributed by atoms with van der Waals surface area (Å²) in [5, 5.41) is 13.5. The van der Waals surface area contributed by atoms with Gasteiger partial charge in [0.1, 0.15) is 11.4 Å². The van der Waals surface area contributed by atoms with E-state index in [-0.39, 0.29) is 5.56 Å². The van der Waals surface area contributed by atoms with E-state index in [9.17, 15) is 9.90 Å². The molecule has 0 amide bonds. The molecule has 1 saturated carbocycles. The van der Waals surface area contributed by atoms with E-state index in [1.54, 1.807) is 23.5 Å². The Balaban J connectivity index is 1.98. The van der Waals surface area contributed by atoms with Crippen LogP contribution in [0, 0.1) is 6.92 Å². The molecule has 0 atom stereocenters. The largest absolute Gasteiger partial charge is 0.478 e. The van der Waals surface area contributed by atoms with Crippen LogP contribution in [-0.2, 0) is 6.54 Å². The molecule has 1 fully saturated rings. The third kappa shape index (κ3) is 2.67. The van der Waals surface area contributed by atoms with E-state index >= 15 is 0 Å². The van der Waals surface area contributed by atoms with Gasteiger partial charge in [0.25, 0.3) is 0 Å². The summed E-state index contributed by atoms with van der Waals surface area (Å²) in [4.78, 5) is 18.0. The van der Waals surface area contributed by atoms with Gasteiger partial charge in [-0.05, 0) is 54.3 Å². The molecule has 1 N–H and O–H groups in total. The molecule has 0 saturated heterocycles. The molecule has 1 aliphatic carbocycles. The highest BCUT2D eigenvalue weighted by Gasteiger charge is 2.32. The lowest BCUT2D eigenvalue weighted by molar-refractivity contribution is 0.0697. The van der Waals surface area contributed by atoms with Gasteiger partial charge in [-0.1, -0.05) is 0 Å². The van der Waals surface area contributed by atoms with Gasteiger partial charge in [-0.2, -0.15) is 11.3 Å². The fraction of sp³-hybridized carbons (Fsp3) is 0.333. The summed E-state index contributed by atoms with van der Waals surface area (Å²) < 4.78 is 0. The van der Waals surface area contributed by atoms with Crippen molar-refractivity contribution >= 4 is 23.1 Å². The first-order chi connectivity index (χ1) is 9.65. The first kappa shape index (κ1) is 13.1. The fourth-order valence-corrected chi connectivity index (χ4v) is 2.93. The summed E-state index contributed by atoms with van der Waals surface area (Å²) in [5.41, 5.74) is 2.35. The molecule has 0 unspecified atom stereocenters. The van der Waals surface area contributed by atoms with E-state index in [4.69, 9.17) is 0 Å². The Hall–Kier alpha value is -1.88. The quantitative estimate of drug-likeness (QED) is 0.917. The summed E-state index contributed by atoms with van der Waals surface area (Å²) in [6, 6.07) is 5.91. The molecular formula is C15H16N2O2S. The topological polar surface area (TPSA) is 53.4 Å². The number of thiophene rings is 1. The lowest BCUT2D eigenvalue weighted by Gasteiger charge is -2.25. The first-order valence-corrected chi connectivity index (χ1v) is 7.58. The van der Waals surface area contributed by atoms with Gasteiger partial charge < -0.3 is 10.0 Å². The molecule has 4 nitrogen and oxygen atoms in total. The standard InChI is InChI=1S/C15H16N2O2S/c1-10-2-5-13(15(18)19)14(16-10)17(12-3-4-12)8-11-6-7-20-9-11/h2,5-7,9,12H,3-4,8H2,1H3,(H,18,19). The van der Waals surface area contributed by atoms with Crippen molar-refractivity contribution < 1.29 is 9.90 Å². The van der Waals surface area contributed by atoms with Crippen LogP contribution in [0.25, 0.3) is 0 Å². The lowest BCUT2D eigenvalue weighted by Crippen LogP contribution is -2.28. The predicted molar refractivity (Wildman–Crippen MR) is 79.5 cm³/mol. The average Bonchev–Trinajstić information content (AvgIpc) is 3.12. The number of nitrogens with zero attached hydrogens (tertiary/aromatic N) is 2. The van der Waals surface area contributed by atoms with Crippen LogP contribution in [0.4, 0.5) is 5.82 Å². The number of aromatic nitrogens is 1. The molecule has 1 aliphatic rings. The lowest BCUT2D eigenvalue weighted by atomic mass is 10.2. The highest BCUT2D eigenvalue weighted by atomic mass is 32.1. The number of carboxylic acids is 1. The summed E-state index contributed by atoms with van der Waals surface area (Å²) >= 11 is 1.66. The Kier molecular flexibility index (Phi) is 3.44. The number of pyridine rings is 1. The molecule has 3 rings (SSSR count). The third-order valence-corrected chi connectivity index (χ3v) is 4.17.